The molecule has 1 aliphatic rings. The van der Waals surface area contributed by atoms with Crippen LogP contribution in [0.4, 0.5) is 18.9 Å². The molecule has 0 spiro atoms. The van der Waals surface area contributed by atoms with Crippen molar-refractivity contribution in [2.45, 2.75) is 58.1 Å². The molecule has 0 radical (unpaired) electrons. The number of aryl methyl sites for hydroxylation is 2. The van der Waals surface area contributed by atoms with Gasteiger partial charge in [-0.05, 0) is 66.9 Å². The second-order valence-electron chi connectivity index (χ2n) is 9.71. The summed E-state index contributed by atoms with van der Waals surface area (Å²) < 4.78 is 44.2. The standard InChI is InChI=1S/C27H31F3N6O4S/c28-27(29,30)40-22-5-3-4-20(14-22)17-31-26(39)23-18-36(34-33-23)10-2-1-9-35-11-6-21(16-25(35)38)32-24(37)15-19-7-12-41-13-8-19/h3-6,11,14,16,18-19H,1-2,7-10,12-13,15,17H2,(H,31,39)(H,32,37). The summed E-state index contributed by atoms with van der Waals surface area (Å²) in [6.07, 6.45) is 2.25. The van der Waals surface area contributed by atoms with Gasteiger partial charge in [0.05, 0.1) is 6.20 Å². The van der Waals surface area contributed by atoms with E-state index in [9.17, 15) is 27.6 Å². The van der Waals surface area contributed by atoms with Crippen molar-refractivity contribution in [3.63, 3.8) is 0 Å². The monoisotopic (exact) mass is 592 g/mol. The molecule has 1 aliphatic heterocycles. The Bertz CT molecular complexity index is 1390. The zero-order chi connectivity index (χ0) is 29.2. The highest BCUT2D eigenvalue weighted by atomic mass is 32.2. The number of ether oxygens (including phenoxy) is 1. The predicted molar refractivity (Wildman–Crippen MR) is 148 cm³/mol. The number of aromatic nitrogens is 4. The molecule has 0 bridgehead atoms. The molecule has 1 fully saturated rings. The summed E-state index contributed by atoms with van der Waals surface area (Å²) in [4.78, 5) is 37.2. The minimum Gasteiger partial charge on any atom is -0.406 e. The van der Waals surface area contributed by atoms with Crippen LogP contribution in [0, 0.1) is 5.92 Å². The van der Waals surface area contributed by atoms with E-state index in [1.54, 1.807) is 22.9 Å². The van der Waals surface area contributed by atoms with Crippen LogP contribution >= 0.6 is 11.8 Å². The first-order valence-electron chi connectivity index (χ1n) is 13.3. The molecule has 0 aliphatic carbocycles. The van der Waals surface area contributed by atoms with Gasteiger partial charge in [-0.15, -0.1) is 18.3 Å². The van der Waals surface area contributed by atoms with Crippen LogP contribution in [0.15, 0.2) is 53.6 Å². The maximum absolute atomic E-state index is 12.5. The maximum atomic E-state index is 12.5. The number of pyridine rings is 1. The molecule has 0 saturated carbocycles. The van der Waals surface area contributed by atoms with Crippen LogP contribution in [0.2, 0.25) is 0 Å². The third-order valence-corrected chi connectivity index (χ3v) is 7.54. The number of hydrogen-bond acceptors (Lipinski definition) is 7. The quantitative estimate of drug-likeness (QED) is 0.302. The molecule has 4 rings (SSSR count). The number of halogens is 3. The van der Waals surface area contributed by atoms with Crippen molar-refractivity contribution in [3.8, 4) is 5.75 Å². The number of carbonyl (C=O) groups excluding carboxylic acids is 2. The van der Waals surface area contributed by atoms with Gasteiger partial charge in [0.25, 0.3) is 11.5 Å². The molecular weight excluding hydrogens is 561 g/mol. The first kappa shape index (κ1) is 30.2. The second kappa shape index (κ2) is 14.2. The normalized spacial score (nSPS) is 14.0. The lowest BCUT2D eigenvalue weighted by molar-refractivity contribution is -0.274. The fourth-order valence-electron chi connectivity index (χ4n) is 4.39. The third-order valence-electron chi connectivity index (χ3n) is 6.49. The van der Waals surface area contributed by atoms with Crippen molar-refractivity contribution in [1.82, 2.24) is 24.9 Å². The van der Waals surface area contributed by atoms with Crippen LogP contribution < -0.4 is 20.9 Å². The van der Waals surface area contributed by atoms with E-state index >= 15 is 0 Å². The number of anilines is 1. The highest BCUT2D eigenvalue weighted by molar-refractivity contribution is 7.99. The van der Waals surface area contributed by atoms with Gasteiger partial charge in [-0.3, -0.25) is 19.1 Å². The van der Waals surface area contributed by atoms with Crippen molar-refractivity contribution in [3.05, 3.63) is 70.4 Å². The number of carbonyl (C=O) groups is 2. The predicted octanol–water partition coefficient (Wildman–Crippen LogP) is 4.22. The molecule has 2 N–H and O–H groups in total. The lowest BCUT2D eigenvalue weighted by Crippen LogP contribution is -2.23. The average Bonchev–Trinajstić information content (AvgIpc) is 3.40. The molecule has 0 unspecified atom stereocenters. The van der Waals surface area contributed by atoms with E-state index in [0.717, 1.165) is 24.3 Å². The van der Waals surface area contributed by atoms with Crippen LogP contribution in [-0.4, -0.2) is 49.2 Å². The molecular formula is C27H31F3N6O4S. The number of hydrogen-bond donors (Lipinski definition) is 2. The summed E-state index contributed by atoms with van der Waals surface area (Å²) in [6, 6.07) is 8.48. The van der Waals surface area contributed by atoms with E-state index in [-0.39, 0.29) is 29.5 Å². The van der Waals surface area contributed by atoms with Gasteiger partial charge in [0.1, 0.15) is 5.75 Å². The Labute approximate surface area is 238 Å². The van der Waals surface area contributed by atoms with Crippen LogP contribution in [-0.2, 0) is 24.4 Å². The molecule has 2 amide bonds. The molecule has 0 atom stereocenters. The van der Waals surface area contributed by atoms with Crippen LogP contribution in [0.25, 0.3) is 0 Å². The summed E-state index contributed by atoms with van der Waals surface area (Å²) in [5.41, 5.74) is 0.796. The smallest absolute Gasteiger partial charge is 0.406 e. The molecule has 1 aromatic carbocycles. The van der Waals surface area contributed by atoms with Crippen LogP contribution in [0.3, 0.4) is 0 Å². The van der Waals surface area contributed by atoms with Gasteiger partial charge in [-0.2, -0.15) is 11.8 Å². The van der Waals surface area contributed by atoms with E-state index < -0.39 is 12.3 Å². The molecule has 1 saturated heterocycles. The lowest BCUT2D eigenvalue weighted by Gasteiger charge is -2.20. The van der Waals surface area contributed by atoms with Gasteiger partial charge >= 0.3 is 6.36 Å². The Hall–Kier alpha value is -3.81. The minimum absolute atomic E-state index is 0.0161. The minimum atomic E-state index is -4.80. The van der Waals surface area contributed by atoms with Gasteiger partial charge < -0.3 is 19.9 Å². The SMILES string of the molecule is O=C(CC1CCSCC1)Nc1ccn(CCCCn2cc(C(=O)NCc3cccc(OC(F)(F)F)c3)nn2)c(=O)c1. The van der Waals surface area contributed by atoms with Crippen LogP contribution in [0.5, 0.6) is 5.75 Å². The fourth-order valence-corrected chi connectivity index (χ4v) is 5.59. The number of nitrogens with zero attached hydrogens (tertiary/aromatic N) is 4. The summed E-state index contributed by atoms with van der Waals surface area (Å²) in [5.74, 6) is 1.63. The second-order valence-corrected chi connectivity index (χ2v) is 10.9. The number of unbranched alkanes of at least 4 members (excludes halogenated alkanes) is 1. The van der Waals surface area contributed by atoms with E-state index in [1.165, 1.54) is 35.1 Å². The molecule has 10 nitrogen and oxygen atoms in total. The zero-order valence-corrected chi connectivity index (χ0v) is 23.0. The molecule has 220 valence electrons. The first-order chi connectivity index (χ1) is 19.6. The maximum Gasteiger partial charge on any atom is 0.573 e. The molecule has 2 aromatic heterocycles. The number of thioether (sulfide) groups is 1. The number of rotatable bonds is 12. The van der Waals surface area contributed by atoms with Gasteiger partial charge in [-0.1, -0.05) is 17.3 Å². The molecule has 3 aromatic rings. The average molecular weight is 593 g/mol. The first-order valence-corrected chi connectivity index (χ1v) is 14.4. The van der Waals surface area contributed by atoms with Gasteiger partial charge in [0.2, 0.25) is 5.91 Å². The Morgan fingerprint density at radius 1 is 1.10 bits per heavy atom. The van der Waals surface area contributed by atoms with Gasteiger partial charge in [0.15, 0.2) is 5.69 Å². The Balaban J connectivity index is 1.17. The number of amides is 2. The third kappa shape index (κ3) is 9.95. The van der Waals surface area contributed by atoms with E-state index in [4.69, 9.17) is 0 Å². The van der Waals surface area contributed by atoms with Gasteiger partial charge in [0, 0.05) is 44.0 Å². The fraction of sp³-hybridized carbons (Fsp3) is 0.444. The van der Waals surface area contributed by atoms with E-state index in [1.807, 2.05) is 11.8 Å². The highest BCUT2D eigenvalue weighted by Crippen LogP contribution is 2.26. The summed E-state index contributed by atoms with van der Waals surface area (Å²) >= 11 is 1.92. The summed E-state index contributed by atoms with van der Waals surface area (Å²) in [7, 11) is 0. The van der Waals surface area contributed by atoms with Crippen LogP contribution in [0.1, 0.15) is 48.2 Å². The Morgan fingerprint density at radius 3 is 2.63 bits per heavy atom. The van der Waals surface area contributed by atoms with E-state index in [2.05, 4.69) is 25.7 Å². The zero-order valence-electron chi connectivity index (χ0n) is 22.2. The van der Waals surface area contributed by atoms with E-state index in [0.29, 0.717) is 49.5 Å². The number of nitrogens with one attached hydrogen (secondary N) is 2. The topological polar surface area (TPSA) is 120 Å². The van der Waals surface area contributed by atoms with Crippen molar-refractivity contribution in [2.75, 3.05) is 16.8 Å². The molecule has 14 heteroatoms. The molecule has 41 heavy (non-hydrogen) atoms. The highest BCUT2D eigenvalue weighted by Gasteiger charge is 2.31. The van der Waals surface area contributed by atoms with Crippen molar-refractivity contribution in [1.29, 1.82) is 0 Å². The van der Waals surface area contributed by atoms with Crippen molar-refractivity contribution in [2.24, 2.45) is 5.92 Å². The lowest BCUT2D eigenvalue weighted by atomic mass is 9.98. The number of benzene rings is 1. The van der Waals surface area contributed by atoms with Gasteiger partial charge in [-0.25, -0.2) is 0 Å². The Morgan fingerprint density at radius 2 is 1.88 bits per heavy atom. The molecule has 3 heterocycles. The summed E-state index contributed by atoms with van der Waals surface area (Å²) in [5, 5.41) is 13.2. The summed E-state index contributed by atoms with van der Waals surface area (Å²) in [6.45, 7) is 0.934. The van der Waals surface area contributed by atoms with Crippen molar-refractivity contribution < 1.29 is 27.5 Å². The largest absolute Gasteiger partial charge is 0.573 e. The number of alkyl halides is 3. The van der Waals surface area contributed by atoms with Crippen molar-refractivity contribution >= 4 is 29.3 Å². The Kier molecular flexibility index (Phi) is 10.4.